The van der Waals surface area contributed by atoms with Gasteiger partial charge in [-0.15, -0.1) is 0 Å². The molecule has 0 spiro atoms. The molecule has 2 heterocycles. The van der Waals surface area contributed by atoms with Crippen LogP contribution >= 0.6 is 27.5 Å². The monoisotopic (exact) mass is 368 g/mol. The Kier molecular flexibility index (Phi) is 4.55. The van der Waals surface area contributed by atoms with Crippen LogP contribution in [0.5, 0.6) is 11.8 Å². The van der Waals surface area contributed by atoms with Crippen molar-refractivity contribution in [1.29, 1.82) is 0 Å². The summed E-state index contributed by atoms with van der Waals surface area (Å²) in [6.07, 6.45) is 3.53. The molecule has 3 rings (SSSR count). The van der Waals surface area contributed by atoms with E-state index >= 15 is 0 Å². The highest BCUT2D eigenvalue weighted by molar-refractivity contribution is 9.10. The summed E-state index contributed by atoms with van der Waals surface area (Å²) in [4.78, 5) is 14.7. The highest BCUT2D eigenvalue weighted by atomic mass is 79.9. The lowest BCUT2D eigenvalue weighted by atomic mass is 10.1. The van der Waals surface area contributed by atoms with Gasteiger partial charge in [-0.3, -0.25) is 0 Å². The second kappa shape index (κ2) is 6.58. The molecule has 2 aromatic rings. The minimum absolute atomic E-state index is 0.149. The van der Waals surface area contributed by atoms with Crippen LogP contribution < -0.4 is 9.64 Å². The van der Waals surface area contributed by atoms with E-state index in [9.17, 15) is 0 Å². The van der Waals surface area contributed by atoms with Crippen LogP contribution in [0.2, 0.25) is 5.28 Å². The zero-order chi connectivity index (χ0) is 14.7. The van der Waals surface area contributed by atoms with Crippen molar-refractivity contribution in [3.8, 4) is 11.8 Å². The minimum Gasteiger partial charge on any atom is -0.424 e. The van der Waals surface area contributed by atoms with E-state index in [0.717, 1.165) is 30.4 Å². The fraction of sp³-hybridized carbons (Fsp3) is 0.357. The maximum absolute atomic E-state index is 5.99. The lowest BCUT2D eigenvalue weighted by Crippen LogP contribution is -2.31. The molecule has 1 aromatic carbocycles. The van der Waals surface area contributed by atoms with E-state index in [2.05, 4.69) is 35.8 Å². The van der Waals surface area contributed by atoms with Crippen LogP contribution in [0.4, 0.5) is 5.95 Å². The van der Waals surface area contributed by atoms with Crippen molar-refractivity contribution in [2.75, 3.05) is 18.0 Å². The number of anilines is 1. The quantitative estimate of drug-likeness (QED) is 0.816. The number of piperidine rings is 1. The number of halogens is 2. The molecule has 1 aliphatic rings. The molecule has 0 N–H and O–H groups in total. The maximum atomic E-state index is 5.99. The molecule has 7 heteroatoms. The van der Waals surface area contributed by atoms with E-state index in [1.807, 2.05) is 24.3 Å². The molecule has 1 fully saturated rings. The fourth-order valence-corrected chi connectivity index (χ4v) is 2.76. The largest absolute Gasteiger partial charge is 0.424 e. The van der Waals surface area contributed by atoms with Crippen molar-refractivity contribution < 1.29 is 4.74 Å². The predicted octanol–water partition coefficient (Wildman–Crippen LogP) is 4.07. The van der Waals surface area contributed by atoms with E-state index in [0.29, 0.717) is 11.7 Å². The summed E-state index contributed by atoms with van der Waals surface area (Å²) >= 11 is 9.39. The second-order valence-electron chi connectivity index (χ2n) is 4.79. The van der Waals surface area contributed by atoms with Gasteiger partial charge in [0.2, 0.25) is 11.2 Å². The first kappa shape index (κ1) is 14.5. The summed E-state index contributed by atoms with van der Waals surface area (Å²) in [5.74, 6) is 1.23. The van der Waals surface area contributed by atoms with Crippen molar-refractivity contribution in [1.82, 2.24) is 15.0 Å². The predicted molar refractivity (Wildman–Crippen MR) is 85.1 cm³/mol. The number of aromatic nitrogens is 3. The average Bonchev–Trinajstić information content (AvgIpc) is 2.47. The van der Waals surface area contributed by atoms with Gasteiger partial charge in [-0.25, -0.2) is 0 Å². The molecule has 0 amide bonds. The van der Waals surface area contributed by atoms with Crippen molar-refractivity contribution in [2.24, 2.45) is 0 Å². The van der Waals surface area contributed by atoms with Gasteiger partial charge in [-0.2, -0.15) is 15.0 Å². The molecule has 0 bridgehead atoms. The Morgan fingerprint density at radius 2 is 1.90 bits per heavy atom. The lowest BCUT2D eigenvalue weighted by molar-refractivity contribution is 0.437. The van der Waals surface area contributed by atoms with E-state index in [4.69, 9.17) is 16.3 Å². The van der Waals surface area contributed by atoms with Gasteiger partial charge in [-0.1, -0.05) is 22.0 Å². The second-order valence-corrected chi connectivity index (χ2v) is 6.05. The number of hydrogen-bond donors (Lipinski definition) is 0. The van der Waals surface area contributed by atoms with Crippen LogP contribution in [-0.2, 0) is 0 Å². The minimum atomic E-state index is 0.149. The van der Waals surface area contributed by atoms with Gasteiger partial charge in [0.15, 0.2) is 0 Å². The highest BCUT2D eigenvalue weighted by Gasteiger charge is 2.16. The zero-order valence-electron chi connectivity index (χ0n) is 11.3. The molecule has 5 nitrogen and oxygen atoms in total. The molecule has 0 radical (unpaired) electrons. The van der Waals surface area contributed by atoms with Gasteiger partial charge in [0.25, 0.3) is 0 Å². The van der Waals surface area contributed by atoms with Crippen LogP contribution in [0.25, 0.3) is 0 Å². The van der Waals surface area contributed by atoms with Gasteiger partial charge in [0.1, 0.15) is 5.75 Å². The molecule has 0 aliphatic carbocycles. The third-order valence-electron chi connectivity index (χ3n) is 3.22. The van der Waals surface area contributed by atoms with Gasteiger partial charge in [0.05, 0.1) is 0 Å². The van der Waals surface area contributed by atoms with Crippen LogP contribution in [0, 0.1) is 0 Å². The Balaban J connectivity index is 1.83. The van der Waals surface area contributed by atoms with Crippen LogP contribution in [0.15, 0.2) is 28.7 Å². The smallest absolute Gasteiger partial charge is 0.328 e. The summed E-state index contributed by atoms with van der Waals surface area (Å²) in [5.41, 5.74) is 0. The van der Waals surface area contributed by atoms with Gasteiger partial charge in [0, 0.05) is 17.6 Å². The van der Waals surface area contributed by atoms with Crippen molar-refractivity contribution in [2.45, 2.75) is 19.3 Å². The first-order valence-corrected chi connectivity index (χ1v) is 7.98. The summed E-state index contributed by atoms with van der Waals surface area (Å²) in [6, 6.07) is 7.70. The topological polar surface area (TPSA) is 51.1 Å². The van der Waals surface area contributed by atoms with Gasteiger partial charge < -0.3 is 9.64 Å². The normalized spacial score (nSPS) is 15.0. The van der Waals surface area contributed by atoms with Crippen LogP contribution in [-0.4, -0.2) is 28.0 Å². The Hall–Kier alpha value is -1.40. The molecular weight excluding hydrogens is 356 g/mol. The number of rotatable bonds is 3. The zero-order valence-corrected chi connectivity index (χ0v) is 13.6. The highest BCUT2D eigenvalue weighted by Crippen LogP contribution is 2.24. The standard InChI is InChI=1S/C14H14BrClN4O/c15-10-5-4-6-11(9-10)21-14-18-12(16)17-13(19-14)20-7-2-1-3-8-20/h4-6,9H,1-3,7-8H2. The first-order chi connectivity index (χ1) is 10.2. The number of hydrogen-bond acceptors (Lipinski definition) is 5. The molecule has 21 heavy (non-hydrogen) atoms. The van der Waals surface area contributed by atoms with E-state index in [1.54, 1.807) is 0 Å². The Labute approximate surface area is 136 Å². The van der Waals surface area contributed by atoms with E-state index in [-0.39, 0.29) is 11.3 Å². The molecule has 1 aromatic heterocycles. The molecule has 110 valence electrons. The number of nitrogens with zero attached hydrogens (tertiary/aromatic N) is 4. The number of benzene rings is 1. The molecule has 0 unspecified atom stereocenters. The van der Waals surface area contributed by atoms with Crippen molar-refractivity contribution in [3.63, 3.8) is 0 Å². The Morgan fingerprint density at radius 1 is 1.10 bits per heavy atom. The van der Waals surface area contributed by atoms with E-state index in [1.165, 1.54) is 6.42 Å². The molecule has 0 saturated carbocycles. The van der Waals surface area contributed by atoms with Crippen molar-refractivity contribution in [3.05, 3.63) is 34.0 Å². The molecule has 1 saturated heterocycles. The van der Waals surface area contributed by atoms with Crippen LogP contribution in [0.1, 0.15) is 19.3 Å². The molecular formula is C14H14BrClN4O. The third kappa shape index (κ3) is 3.83. The van der Waals surface area contributed by atoms with E-state index < -0.39 is 0 Å². The van der Waals surface area contributed by atoms with Crippen molar-refractivity contribution >= 4 is 33.5 Å². The number of ether oxygens (including phenoxy) is 1. The fourth-order valence-electron chi connectivity index (χ4n) is 2.24. The Bertz CT molecular complexity index is 634. The van der Waals surface area contributed by atoms with Crippen LogP contribution in [0.3, 0.4) is 0 Å². The maximum Gasteiger partial charge on any atom is 0.328 e. The summed E-state index contributed by atoms with van der Waals surface area (Å²) in [7, 11) is 0. The van der Waals surface area contributed by atoms with Gasteiger partial charge >= 0.3 is 6.01 Å². The average molecular weight is 370 g/mol. The summed E-state index contributed by atoms with van der Waals surface area (Å²) in [5, 5.41) is 0.149. The summed E-state index contributed by atoms with van der Waals surface area (Å²) in [6.45, 7) is 1.88. The SMILES string of the molecule is Clc1nc(Oc2cccc(Br)c2)nc(N2CCCCC2)n1. The third-order valence-corrected chi connectivity index (χ3v) is 3.88. The summed E-state index contributed by atoms with van der Waals surface area (Å²) < 4.78 is 6.60. The first-order valence-electron chi connectivity index (χ1n) is 6.81. The Morgan fingerprint density at radius 3 is 2.67 bits per heavy atom. The molecule has 0 atom stereocenters. The molecule has 1 aliphatic heterocycles. The lowest BCUT2D eigenvalue weighted by Gasteiger charge is -2.26. The van der Waals surface area contributed by atoms with Gasteiger partial charge in [-0.05, 0) is 49.1 Å².